The average Bonchev–Trinajstić information content (AvgIpc) is 2.27. The molecule has 0 saturated heterocycles. The molecule has 1 aliphatic heterocycles. The van der Waals surface area contributed by atoms with Crippen LogP contribution in [0.1, 0.15) is 11.7 Å². The van der Waals surface area contributed by atoms with Crippen LogP contribution in [-0.2, 0) is 10.0 Å². The van der Waals surface area contributed by atoms with E-state index in [2.05, 4.69) is 0 Å². The number of rotatable bonds is 2. The topological polar surface area (TPSA) is 77.8 Å². The number of hydrogen-bond donors (Lipinski definition) is 2. The van der Waals surface area contributed by atoms with Crippen molar-refractivity contribution in [3.05, 3.63) is 29.8 Å². The van der Waals surface area contributed by atoms with Crippen LogP contribution in [-0.4, -0.2) is 42.6 Å². The first-order valence-electron chi connectivity index (χ1n) is 4.95. The second-order valence-electron chi connectivity index (χ2n) is 3.64. The normalized spacial score (nSPS) is 24.0. The molecule has 0 saturated carbocycles. The standard InChI is InChI=1S/C10H13NO4S/c12-6-5-11-7-9(13)8-3-1-2-4-10(8)16(11,14)15/h1-4,9,12-13H,5-7H2. The van der Waals surface area contributed by atoms with Crippen molar-refractivity contribution in [3.8, 4) is 0 Å². The number of benzene rings is 1. The van der Waals surface area contributed by atoms with Crippen LogP contribution in [0.15, 0.2) is 29.2 Å². The highest BCUT2D eigenvalue weighted by atomic mass is 32.2. The fraction of sp³-hybridized carbons (Fsp3) is 0.400. The Morgan fingerprint density at radius 2 is 2.06 bits per heavy atom. The van der Waals surface area contributed by atoms with E-state index in [0.717, 1.165) is 4.31 Å². The Morgan fingerprint density at radius 3 is 2.75 bits per heavy atom. The first-order chi connectivity index (χ1) is 7.57. The molecular formula is C10H13NO4S. The Morgan fingerprint density at radius 1 is 1.38 bits per heavy atom. The van der Waals surface area contributed by atoms with Crippen LogP contribution in [0.5, 0.6) is 0 Å². The minimum Gasteiger partial charge on any atom is -0.395 e. The molecule has 1 aliphatic rings. The smallest absolute Gasteiger partial charge is 0.243 e. The zero-order valence-corrected chi connectivity index (χ0v) is 9.39. The van der Waals surface area contributed by atoms with Gasteiger partial charge < -0.3 is 10.2 Å². The van der Waals surface area contributed by atoms with Crippen molar-refractivity contribution >= 4 is 10.0 Å². The van der Waals surface area contributed by atoms with Crippen LogP contribution in [0, 0.1) is 0 Å². The van der Waals surface area contributed by atoms with Gasteiger partial charge in [0, 0.05) is 18.7 Å². The van der Waals surface area contributed by atoms with Gasteiger partial charge in [-0.25, -0.2) is 8.42 Å². The van der Waals surface area contributed by atoms with E-state index < -0.39 is 16.1 Å². The highest BCUT2D eigenvalue weighted by Crippen LogP contribution is 2.31. The molecule has 0 spiro atoms. The molecule has 0 radical (unpaired) electrons. The molecule has 6 heteroatoms. The second-order valence-corrected chi connectivity index (χ2v) is 5.55. The number of aliphatic hydroxyl groups excluding tert-OH is 2. The molecule has 1 aromatic rings. The highest BCUT2D eigenvalue weighted by Gasteiger charge is 2.35. The number of fused-ring (bicyclic) bond motifs is 1. The molecule has 2 N–H and O–H groups in total. The lowest BCUT2D eigenvalue weighted by Gasteiger charge is -2.30. The van der Waals surface area contributed by atoms with Gasteiger partial charge in [0.1, 0.15) is 0 Å². The predicted molar refractivity (Wildman–Crippen MR) is 57.2 cm³/mol. The quantitative estimate of drug-likeness (QED) is 0.748. The third kappa shape index (κ3) is 1.73. The van der Waals surface area contributed by atoms with E-state index in [1.54, 1.807) is 18.2 Å². The van der Waals surface area contributed by atoms with Gasteiger partial charge >= 0.3 is 0 Å². The summed E-state index contributed by atoms with van der Waals surface area (Å²) < 4.78 is 25.2. The Balaban J connectivity index is 2.52. The van der Waals surface area contributed by atoms with Crippen LogP contribution >= 0.6 is 0 Å². The van der Waals surface area contributed by atoms with E-state index in [0.29, 0.717) is 5.56 Å². The van der Waals surface area contributed by atoms with E-state index in [1.807, 2.05) is 0 Å². The Labute approximate surface area is 94.0 Å². The number of β-amino-alcohol motifs (C(OH)–C–C–N with tert-alkyl or cyclic N) is 2. The number of hydrogen-bond acceptors (Lipinski definition) is 4. The lowest BCUT2D eigenvalue weighted by molar-refractivity contribution is 0.129. The van der Waals surface area contributed by atoms with Crippen LogP contribution in [0.2, 0.25) is 0 Å². The van der Waals surface area contributed by atoms with E-state index in [-0.39, 0.29) is 24.6 Å². The molecular weight excluding hydrogens is 230 g/mol. The van der Waals surface area contributed by atoms with Gasteiger partial charge in [-0.2, -0.15) is 4.31 Å². The maximum atomic E-state index is 12.0. The van der Waals surface area contributed by atoms with Crippen LogP contribution < -0.4 is 0 Å². The summed E-state index contributed by atoms with van der Waals surface area (Å²) in [4.78, 5) is 0.127. The molecule has 16 heavy (non-hydrogen) atoms. The van der Waals surface area contributed by atoms with Crippen molar-refractivity contribution in [2.24, 2.45) is 0 Å². The monoisotopic (exact) mass is 243 g/mol. The maximum absolute atomic E-state index is 12.0. The highest BCUT2D eigenvalue weighted by molar-refractivity contribution is 7.89. The summed E-state index contributed by atoms with van der Waals surface area (Å²) in [6, 6.07) is 6.39. The molecule has 0 aromatic heterocycles. The lowest BCUT2D eigenvalue weighted by Crippen LogP contribution is -2.41. The lowest BCUT2D eigenvalue weighted by atomic mass is 10.1. The Kier molecular flexibility index (Phi) is 2.98. The van der Waals surface area contributed by atoms with E-state index in [9.17, 15) is 13.5 Å². The summed E-state index contributed by atoms with van der Waals surface area (Å²) in [7, 11) is -3.56. The fourth-order valence-electron chi connectivity index (χ4n) is 1.84. The third-order valence-corrected chi connectivity index (χ3v) is 4.56. The summed E-state index contributed by atoms with van der Waals surface area (Å²) >= 11 is 0. The molecule has 88 valence electrons. The van der Waals surface area contributed by atoms with Crippen molar-refractivity contribution in [2.45, 2.75) is 11.0 Å². The van der Waals surface area contributed by atoms with Gasteiger partial charge in [-0.05, 0) is 6.07 Å². The van der Waals surface area contributed by atoms with Gasteiger partial charge in [-0.1, -0.05) is 18.2 Å². The van der Waals surface area contributed by atoms with Gasteiger partial charge in [0.25, 0.3) is 0 Å². The van der Waals surface area contributed by atoms with Crippen molar-refractivity contribution < 1.29 is 18.6 Å². The number of aliphatic hydroxyl groups is 2. The van der Waals surface area contributed by atoms with E-state index in [1.165, 1.54) is 6.07 Å². The van der Waals surface area contributed by atoms with Gasteiger partial charge in [0.2, 0.25) is 10.0 Å². The molecule has 5 nitrogen and oxygen atoms in total. The molecule has 2 rings (SSSR count). The Bertz CT molecular complexity index is 485. The summed E-state index contributed by atoms with van der Waals surface area (Å²) in [5.41, 5.74) is 0.427. The molecule has 0 amide bonds. The molecule has 0 bridgehead atoms. The molecule has 1 aromatic carbocycles. The van der Waals surface area contributed by atoms with E-state index >= 15 is 0 Å². The van der Waals surface area contributed by atoms with Gasteiger partial charge in [-0.15, -0.1) is 0 Å². The van der Waals surface area contributed by atoms with Gasteiger partial charge in [0.05, 0.1) is 17.6 Å². The SMILES string of the molecule is O=S1(=O)c2ccccc2C(O)CN1CCO. The van der Waals surface area contributed by atoms with Crippen molar-refractivity contribution in [3.63, 3.8) is 0 Å². The molecule has 1 atom stereocenters. The van der Waals surface area contributed by atoms with Crippen LogP contribution in [0.25, 0.3) is 0 Å². The number of nitrogens with zero attached hydrogens (tertiary/aromatic N) is 1. The largest absolute Gasteiger partial charge is 0.395 e. The first-order valence-corrected chi connectivity index (χ1v) is 6.39. The molecule has 1 unspecified atom stereocenters. The van der Waals surface area contributed by atoms with Crippen molar-refractivity contribution in [1.29, 1.82) is 0 Å². The predicted octanol–water partition coefficient (Wildman–Crippen LogP) is -0.283. The van der Waals surface area contributed by atoms with Crippen molar-refractivity contribution in [1.82, 2.24) is 4.31 Å². The maximum Gasteiger partial charge on any atom is 0.243 e. The van der Waals surface area contributed by atoms with Gasteiger partial charge in [0.15, 0.2) is 0 Å². The third-order valence-electron chi connectivity index (χ3n) is 2.62. The Hall–Kier alpha value is -0.950. The summed E-state index contributed by atoms with van der Waals surface area (Å²) in [6.45, 7) is -0.248. The zero-order valence-electron chi connectivity index (χ0n) is 8.57. The fourth-order valence-corrected chi connectivity index (χ4v) is 3.53. The minimum absolute atomic E-state index is 0.0000926. The number of sulfonamides is 1. The zero-order chi connectivity index (χ0) is 11.8. The van der Waals surface area contributed by atoms with Gasteiger partial charge in [-0.3, -0.25) is 0 Å². The van der Waals surface area contributed by atoms with E-state index in [4.69, 9.17) is 5.11 Å². The van der Waals surface area contributed by atoms with Crippen molar-refractivity contribution in [2.75, 3.05) is 19.7 Å². The second kappa shape index (κ2) is 4.14. The minimum atomic E-state index is -3.56. The molecule has 0 aliphatic carbocycles. The summed E-state index contributed by atoms with van der Waals surface area (Å²) in [6.07, 6.45) is -0.828. The molecule has 1 heterocycles. The van der Waals surface area contributed by atoms with Crippen LogP contribution in [0.4, 0.5) is 0 Å². The summed E-state index contributed by atoms with van der Waals surface area (Å²) in [5.74, 6) is 0. The average molecular weight is 243 g/mol. The summed E-state index contributed by atoms with van der Waals surface area (Å²) in [5, 5.41) is 18.6. The molecule has 0 fully saturated rings. The first kappa shape index (κ1) is 11.5. The van der Waals surface area contributed by atoms with Crippen LogP contribution in [0.3, 0.4) is 0 Å².